The van der Waals surface area contributed by atoms with Crippen LogP contribution >= 0.6 is 0 Å². The molecule has 0 radical (unpaired) electrons. The van der Waals surface area contributed by atoms with Crippen molar-refractivity contribution in [2.45, 2.75) is 44.4 Å². The largest absolute Gasteiger partial charge is 0.385 e. The van der Waals surface area contributed by atoms with Gasteiger partial charge < -0.3 is 10.6 Å². The number of hydrogen-bond acceptors (Lipinski definition) is 4. The fourth-order valence-corrected chi connectivity index (χ4v) is 4.27. The molecule has 5 rings (SSSR count). The lowest BCUT2D eigenvalue weighted by Gasteiger charge is -2.12. The zero-order valence-corrected chi connectivity index (χ0v) is 17.1. The maximum atomic E-state index is 13.0. The van der Waals surface area contributed by atoms with Crippen molar-refractivity contribution < 1.29 is 4.79 Å². The second-order valence-electron chi connectivity index (χ2n) is 8.41. The minimum absolute atomic E-state index is 0.203. The number of anilines is 2. The van der Waals surface area contributed by atoms with Gasteiger partial charge in [0, 0.05) is 23.8 Å². The minimum atomic E-state index is -0.203. The van der Waals surface area contributed by atoms with Crippen LogP contribution in [0, 0.1) is 5.92 Å². The summed E-state index contributed by atoms with van der Waals surface area (Å²) in [6.07, 6.45) is 7.51. The molecule has 6 heteroatoms. The highest BCUT2D eigenvalue weighted by atomic mass is 16.2. The lowest BCUT2D eigenvalue weighted by atomic mass is 10.1. The molecule has 0 spiro atoms. The highest BCUT2D eigenvalue weighted by Gasteiger charge is 2.34. The maximum Gasteiger partial charge on any atom is 0.278 e. The van der Waals surface area contributed by atoms with Gasteiger partial charge in [0.05, 0.1) is 11.4 Å². The fraction of sp³-hybridized carbons (Fsp3) is 0.375. The van der Waals surface area contributed by atoms with E-state index in [1.54, 1.807) is 0 Å². The van der Waals surface area contributed by atoms with Crippen LogP contribution in [0.4, 0.5) is 11.4 Å². The number of aromatic nitrogens is 3. The Balaban J connectivity index is 1.28. The zero-order valence-electron chi connectivity index (χ0n) is 17.1. The van der Waals surface area contributed by atoms with Gasteiger partial charge in [-0.25, -0.2) is 4.68 Å². The van der Waals surface area contributed by atoms with Crippen LogP contribution in [0.5, 0.6) is 0 Å². The van der Waals surface area contributed by atoms with Crippen molar-refractivity contribution in [1.29, 1.82) is 0 Å². The fourth-order valence-electron chi connectivity index (χ4n) is 4.27. The summed E-state index contributed by atoms with van der Waals surface area (Å²) in [5.41, 5.74) is 4.12. The minimum Gasteiger partial charge on any atom is -0.385 e. The molecule has 0 unspecified atom stereocenters. The van der Waals surface area contributed by atoms with E-state index in [1.807, 2.05) is 59.3 Å². The third-order valence-electron chi connectivity index (χ3n) is 6.10. The van der Waals surface area contributed by atoms with Gasteiger partial charge in [0.25, 0.3) is 5.91 Å². The molecule has 2 N–H and O–H groups in total. The van der Waals surface area contributed by atoms with E-state index in [-0.39, 0.29) is 5.91 Å². The summed E-state index contributed by atoms with van der Waals surface area (Å²) >= 11 is 0. The average Bonchev–Trinajstić information content (AvgIpc) is 3.30. The Morgan fingerprint density at radius 1 is 0.933 bits per heavy atom. The van der Waals surface area contributed by atoms with Gasteiger partial charge in [-0.3, -0.25) is 4.79 Å². The number of nitrogens with zero attached hydrogens (tertiary/aromatic N) is 3. The second-order valence-corrected chi connectivity index (χ2v) is 8.41. The van der Waals surface area contributed by atoms with E-state index in [0.717, 1.165) is 48.1 Å². The van der Waals surface area contributed by atoms with Crippen LogP contribution in [0.15, 0.2) is 54.6 Å². The third-order valence-corrected chi connectivity index (χ3v) is 6.10. The van der Waals surface area contributed by atoms with Crippen LogP contribution in [0.2, 0.25) is 0 Å². The van der Waals surface area contributed by atoms with Crippen molar-refractivity contribution in [3.05, 3.63) is 66.0 Å². The lowest BCUT2D eigenvalue weighted by Crippen LogP contribution is -2.15. The van der Waals surface area contributed by atoms with E-state index >= 15 is 0 Å². The molecule has 2 saturated carbocycles. The monoisotopic (exact) mass is 401 g/mol. The van der Waals surface area contributed by atoms with Crippen molar-refractivity contribution in [2.24, 2.45) is 5.92 Å². The second kappa shape index (κ2) is 8.30. The summed E-state index contributed by atoms with van der Waals surface area (Å²) < 4.78 is 1.81. The molecule has 0 aliphatic heterocycles. The Kier molecular flexibility index (Phi) is 5.22. The van der Waals surface area contributed by atoms with E-state index in [1.165, 1.54) is 25.7 Å². The van der Waals surface area contributed by atoms with E-state index in [0.29, 0.717) is 11.6 Å². The van der Waals surface area contributed by atoms with E-state index in [4.69, 9.17) is 0 Å². The first-order valence-corrected chi connectivity index (χ1v) is 10.9. The van der Waals surface area contributed by atoms with Crippen LogP contribution in [0.3, 0.4) is 0 Å². The Morgan fingerprint density at radius 2 is 1.63 bits per heavy atom. The summed E-state index contributed by atoms with van der Waals surface area (Å²) in [6, 6.07) is 17.8. The number of hydrogen-bond donors (Lipinski definition) is 2. The smallest absolute Gasteiger partial charge is 0.278 e. The molecule has 154 valence electrons. The molecular formula is C24H27N5O. The molecule has 0 saturated heterocycles. The summed E-state index contributed by atoms with van der Waals surface area (Å²) in [7, 11) is 0. The zero-order chi connectivity index (χ0) is 20.3. The summed E-state index contributed by atoms with van der Waals surface area (Å²) in [5.74, 6) is 0.936. The summed E-state index contributed by atoms with van der Waals surface area (Å²) in [5, 5.41) is 15.0. The van der Waals surface area contributed by atoms with E-state index in [9.17, 15) is 4.79 Å². The highest BCUT2D eigenvalue weighted by Crippen LogP contribution is 2.42. The summed E-state index contributed by atoms with van der Waals surface area (Å²) in [6.45, 7) is 1.03. The van der Waals surface area contributed by atoms with Crippen LogP contribution in [0.25, 0.3) is 5.69 Å². The number of benzene rings is 2. The van der Waals surface area contributed by atoms with Crippen molar-refractivity contribution in [2.75, 3.05) is 17.2 Å². The third kappa shape index (κ3) is 4.08. The Morgan fingerprint density at radius 3 is 2.33 bits per heavy atom. The number of carbonyl (C=O) groups is 1. The molecule has 2 aliphatic carbocycles. The van der Waals surface area contributed by atoms with Crippen LogP contribution in [0.1, 0.15) is 60.6 Å². The van der Waals surface area contributed by atoms with Crippen molar-refractivity contribution in [3.8, 4) is 5.69 Å². The normalized spacial score (nSPS) is 16.5. The predicted molar refractivity (Wildman–Crippen MR) is 118 cm³/mol. The molecule has 1 aromatic heterocycles. The van der Waals surface area contributed by atoms with E-state index < -0.39 is 0 Å². The van der Waals surface area contributed by atoms with E-state index in [2.05, 4.69) is 20.9 Å². The lowest BCUT2D eigenvalue weighted by molar-refractivity contribution is 0.102. The first-order valence-electron chi connectivity index (χ1n) is 10.9. The molecule has 1 heterocycles. The number of carbonyl (C=O) groups excluding carboxylic acids is 1. The first-order chi connectivity index (χ1) is 14.8. The topological polar surface area (TPSA) is 71.8 Å². The Labute approximate surface area is 176 Å². The number of rotatable bonds is 7. The quantitative estimate of drug-likeness (QED) is 0.584. The molecule has 2 aliphatic rings. The molecule has 2 aromatic carbocycles. The van der Waals surface area contributed by atoms with Crippen molar-refractivity contribution >= 4 is 17.3 Å². The average molecular weight is 402 g/mol. The molecule has 2 fully saturated rings. The van der Waals surface area contributed by atoms with Gasteiger partial charge in [-0.15, -0.1) is 5.10 Å². The predicted octanol–water partition coefficient (Wildman–Crippen LogP) is 5.00. The Hall–Kier alpha value is -3.15. The number of amides is 1. The van der Waals surface area contributed by atoms with Gasteiger partial charge in [0.15, 0.2) is 5.69 Å². The van der Waals surface area contributed by atoms with Crippen molar-refractivity contribution in [1.82, 2.24) is 15.0 Å². The van der Waals surface area contributed by atoms with Crippen molar-refractivity contribution in [3.63, 3.8) is 0 Å². The van der Waals surface area contributed by atoms with Gasteiger partial charge in [0.1, 0.15) is 0 Å². The highest BCUT2D eigenvalue weighted by molar-refractivity contribution is 6.03. The van der Waals surface area contributed by atoms with Crippen LogP contribution in [-0.4, -0.2) is 27.4 Å². The molecular weight excluding hydrogens is 374 g/mol. The van der Waals surface area contributed by atoms with Gasteiger partial charge in [-0.05, 0) is 68.0 Å². The molecule has 0 atom stereocenters. The summed E-state index contributed by atoms with van der Waals surface area (Å²) in [4.78, 5) is 13.0. The standard InChI is InChI=1S/C24H27N5O/c30-24(26-20-14-12-19(13-15-20)25-16-17-6-4-5-7-17)22-23(18-10-11-18)29(28-27-22)21-8-2-1-3-9-21/h1-3,8-9,12-15,17-18,25H,4-7,10-11,16H2,(H,26,30). The number of nitrogens with one attached hydrogen (secondary N) is 2. The van der Waals surface area contributed by atoms with Gasteiger partial charge >= 0.3 is 0 Å². The molecule has 1 amide bonds. The van der Waals surface area contributed by atoms with Gasteiger partial charge in [0.2, 0.25) is 0 Å². The molecule has 3 aromatic rings. The molecule has 30 heavy (non-hydrogen) atoms. The molecule has 0 bridgehead atoms. The number of para-hydroxylation sites is 1. The first kappa shape index (κ1) is 18.9. The van der Waals surface area contributed by atoms with Crippen LogP contribution < -0.4 is 10.6 Å². The van der Waals surface area contributed by atoms with Crippen LogP contribution in [-0.2, 0) is 0 Å². The molecule has 6 nitrogen and oxygen atoms in total. The Bertz CT molecular complexity index is 1000. The maximum absolute atomic E-state index is 13.0. The van der Waals surface area contributed by atoms with Gasteiger partial charge in [-0.2, -0.15) is 0 Å². The SMILES string of the molecule is O=C(Nc1ccc(NCC2CCCC2)cc1)c1nnn(-c2ccccc2)c1C1CC1. The van der Waals surface area contributed by atoms with Gasteiger partial charge in [-0.1, -0.05) is 36.3 Å².